The Hall–Kier alpha value is -1.44. The summed E-state index contributed by atoms with van der Waals surface area (Å²) in [5.74, 6) is 0.0106. The van der Waals surface area contributed by atoms with Crippen LogP contribution in [0.2, 0.25) is 0 Å². The van der Waals surface area contributed by atoms with E-state index >= 15 is 0 Å². The highest BCUT2D eigenvalue weighted by molar-refractivity contribution is 7.89. The molecule has 0 atom stereocenters. The molecule has 1 amide bonds. The number of amides is 1. The van der Waals surface area contributed by atoms with Crippen LogP contribution in [0, 0.1) is 5.92 Å². The van der Waals surface area contributed by atoms with Crippen molar-refractivity contribution in [3.63, 3.8) is 0 Å². The van der Waals surface area contributed by atoms with E-state index in [4.69, 9.17) is 0 Å². The van der Waals surface area contributed by atoms with Crippen molar-refractivity contribution in [2.45, 2.75) is 32.1 Å². The average Bonchev–Trinajstić information content (AvgIpc) is 2.61. The summed E-state index contributed by atoms with van der Waals surface area (Å²) in [4.78, 5) is 14.5. The molecule has 0 aliphatic carbocycles. The normalized spacial score (nSPS) is 15.8. The zero-order chi connectivity index (χ0) is 18.4. The van der Waals surface area contributed by atoms with Crippen LogP contribution in [0.5, 0.6) is 0 Å². The lowest BCUT2D eigenvalue weighted by atomic mass is 10.2. The van der Waals surface area contributed by atoms with E-state index in [1.165, 1.54) is 4.31 Å². The molecule has 2 rings (SSSR count). The Balaban J connectivity index is 2.20. The van der Waals surface area contributed by atoms with E-state index in [1.807, 2.05) is 32.9 Å². The van der Waals surface area contributed by atoms with Gasteiger partial charge in [-0.25, -0.2) is 8.42 Å². The Labute approximate surface area is 151 Å². The van der Waals surface area contributed by atoms with Crippen molar-refractivity contribution in [1.82, 2.24) is 14.5 Å². The standard InChI is InChI=1S/C18H29N3O3S/c1-4-16-5-7-17(8-6-16)25(23,24)21(13-15(2)3)14-18(22)20-11-9-19-10-12-20/h5-8,15,19H,4,9-14H2,1-3H3. The van der Waals surface area contributed by atoms with E-state index in [9.17, 15) is 13.2 Å². The molecule has 140 valence electrons. The van der Waals surface area contributed by atoms with Gasteiger partial charge in [-0.05, 0) is 30.0 Å². The van der Waals surface area contributed by atoms with Gasteiger partial charge >= 0.3 is 0 Å². The number of rotatable bonds is 7. The van der Waals surface area contributed by atoms with Gasteiger partial charge in [0.15, 0.2) is 0 Å². The van der Waals surface area contributed by atoms with E-state index in [0.29, 0.717) is 19.6 Å². The van der Waals surface area contributed by atoms with Gasteiger partial charge in [0, 0.05) is 32.7 Å². The van der Waals surface area contributed by atoms with E-state index in [0.717, 1.165) is 25.1 Å². The van der Waals surface area contributed by atoms with Crippen LogP contribution in [0.3, 0.4) is 0 Å². The summed E-state index contributed by atoms with van der Waals surface area (Å²) in [7, 11) is -3.68. The fourth-order valence-corrected chi connectivity index (χ4v) is 4.42. The predicted molar refractivity (Wildman–Crippen MR) is 98.9 cm³/mol. The lowest BCUT2D eigenvalue weighted by Gasteiger charge is -2.30. The van der Waals surface area contributed by atoms with Crippen molar-refractivity contribution in [3.8, 4) is 0 Å². The quantitative estimate of drug-likeness (QED) is 0.789. The molecule has 6 nitrogen and oxygen atoms in total. The van der Waals surface area contributed by atoms with Crippen LogP contribution < -0.4 is 5.32 Å². The van der Waals surface area contributed by atoms with Gasteiger partial charge in [0.2, 0.25) is 15.9 Å². The largest absolute Gasteiger partial charge is 0.339 e. The number of nitrogens with zero attached hydrogens (tertiary/aromatic N) is 2. The summed E-state index contributed by atoms with van der Waals surface area (Å²) in [6.07, 6.45) is 0.859. The Morgan fingerprint density at radius 1 is 1.20 bits per heavy atom. The summed E-state index contributed by atoms with van der Waals surface area (Å²) < 4.78 is 27.4. The second-order valence-corrected chi connectivity index (χ2v) is 8.76. The fourth-order valence-electron chi connectivity index (χ4n) is 2.87. The zero-order valence-electron chi connectivity index (χ0n) is 15.4. The lowest BCUT2D eigenvalue weighted by Crippen LogP contribution is -2.50. The van der Waals surface area contributed by atoms with Crippen molar-refractivity contribution >= 4 is 15.9 Å². The predicted octanol–water partition coefficient (Wildman–Crippen LogP) is 1.33. The van der Waals surface area contributed by atoms with Gasteiger partial charge in [0.1, 0.15) is 0 Å². The Morgan fingerprint density at radius 3 is 2.32 bits per heavy atom. The molecule has 1 aliphatic rings. The van der Waals surface area contributed by atoms with Crippen LogP contribution in [-0.4, -0.2) is 62.8 Å². The van der Waals surface area contributed by atoms with E-state index < -0.39 is 10.0 Å². The molecule has 1 aliphatic heterocycles. The maximum atomic E-state index is 13.0. The molecule has 1 saturated heterocycles. The van der Waals surface area contributed by atoms with Gasteiger partial charge in [-0.15, -0.1) is 0 Å². The van der Waals surface area contributed by atoms with Crippen LogP contribution >= 0.6 is 0 Å². The van der Waals surface area contributed by atoms with Gasteiger partial charge < -0.3 is 10.2 Å². The number of hydrogen-bond acceptors (Lipinski definition) is 4. The zero-order valence-corrected chi connectivity index (χ0v) is 16.2. The third-order valence-corrected chi connectivity index (χ3v) is 6.15. The molecule has 1 aromatic carbocycles. The van der Waals surface area contributed by atoms with Gasteiger partial charge in [0.05, 0.1) is 11.4 Å². The first-order valence-corrected chi connectivity index (χ1v) is 10.4. The summed E-state index contributed by atoms with van der Waals surface area (Å²) >= 11 is 0. The van der Waals surface area contributed by atoms with Crippen LogP contribution in [0.1, 0.15) is 26.3 Å². The monoisotopic (exact) mass is 367 g/mol. The summed E-state index contributed by atoms with van der Waals surface area (Å²) in [6.45, 7) is 8.92. The SMILES string of the molecule is CCc1ccc(S(=O)(=O)N(CC(=O)N2CCNCC2)CC(C)C)cc1. The van der Waals surface area contributed by atoms with Gasteiger partial charge in [0.25, 0.3) is 0 Å². The molecule has 0 radical (unpaired) electrons. The highest BCUT2D eigenvalue weighted by Gasteiger charge is 2.29. The maximum Gasteiger partial charge on any atom is 0.243 e. The summed E-state index contributed by atoms with van der Waals surface area (Å²) in [5, 5.41) is 3.20. The van der Waals surface area contributed by atoms with E-state index in [2.05, 4.69) is 5.32 Å². The first kappa shape index (κ1) is 19.9. The molecule has 0 saturated carbocycles. The van der Waals surface area contributed by atoms with Crippen molar-refractivity contribution in [1.29, 1.82) is 0 Å². The number of piperazine rings is 1. The topological polar surface area (TPSA) is 69.7 Å². The molecule has 1 N–H and O–H groups in total. The first-order chi connectivity index (χ1) is 11.8. The van der Waals surface area contributed by atoms with Gasteiger partial charge in [-0.3, -0.25) is 4.79 Å². The number of aryl methyl sites for hydroxylation is 1. The molecule has 7 heteroatoms. The van der Waals surface area contributed by atoms with Gasteiger partial charge in [-0.1, -0.05) is 32.9 Å². The number of hydrogen-bond donors (Lipinski definition) is 1. The van der Waals surface area contributed by atoms with Crippen molar-refractivity contribution < 1.29 is 13.2 Å². The van der Waals surface area contributed by atoms with Crippen LogP contribution in [0.25, 0.3) is 0 Å². The minimum Gasteiger partial charge on any atom is -0.339 e. The van der Waals surface area contributed by atoms with Crippen LogP contribution in [0.15, 0.2) is 29.2 Å². The van der Waals surface area contributed by atoms with Crippen LogP contribution in [0.4, 0.5) is 0 Å². The minimum atomic E-state index is -3.68. The Kier molecular flexibility index (Phi) is 6.98. The number of nitrogens with one attached hydrogen (secondary N) is 1. The van der Waals surface area contributed by atoms with E-state index in [1.54, 1.807) is 17.0 Å². The number of carbonyl (C=O) groups is 1. The summed E-state index contributed by atoms with van der Waals surface area (Å²) in [6, 6.07) is 6.94. The molecular weight excluding hydrogens is 338 g/mol. The first-order valence-electron chi connectivity index (χ1n) is 8.92. The number of carbonyl (C=O) groups excluding carboxylic acids is 1. The number of sulfonamides is 1. The molecule has 0 unspecified atom stereocenters. The second kappa shape index (κ2) is 8.78. The molecule has 0 spiro atoms. The maximum absolute atomic E-state index is 13.0. The lowest BCUT2D eigenvalue weighted by molar-refractivity contribution is -0.132. The Bertz CT molecular complexity index is 665. The highest BCUT2D eigenvalue weighted by Crippen LogP contribution is 2.18. The van der Waals surface area contributed by atoms with E-state index in [-0.39, 0.29) is 23.3 Å². The Morgan fingerprint density at radius 2 is 1.80 bits per heavy atom. The van der Waals surface area contributed by atoms with Crippen molar-refractivity contribution in [2.24, 2.45) is 5.92 Å². The average molecular weight is 368 g/mol. The molecule has 25 heavy (non-hydrogen) atoms. The third-order valence-electron chi connectivity index (χ3n) is 4.32. The molecule has 1 fully saturated rings. The molecule has 1 heterocycles. The second-order valence-electron chi connectivity index (χ2n) is 6.82. The fraction of sp³-hybridized carbons (Fsp3) is 0.611. The smallest absolute Gasteiger partial charge is 0.243 e. The third kappa shape index (κ3) is 5.26. The highest BCUT2D eigenvalue weighted by atomic mass is 32.2. The number of benzene rings is 1. The van der Waals surface area contributed by atoms with Gasteiger partial charge in [-0.2, -0.15) is 4.31 Å². The molecule has 0 bridgehead atoms. The van der Waals surface area contributed by atoms with Crippen LogP contribution in [-0.2, 0) is 21.2 Å². The molecule has 1 aromatic rings. The van der Waals surface area contributed by atoms with Crippen molar-refractivity contribution in [3.05, 3.63) is 29.8 Å². The molecule has 0 aromatic heterocycles. The minimum absolute atomic E-state index is 0.101. The summed E-state index contributed by atoms with van der Waals surface area (Å²) in [5.41, 5.74) is 1.09. The molecular formula is C18H29N3O3S. The van der Waals surface area contributed by atoms with Crippen molar-refractivity contribution in [2.75, 3.05) is 39.3 Å².